The summed E-state index contributed by atoms with van der Waals surface area (Å²) in [5.74, 6) is 0.964. The van der Waals surface area contributed by atoms with Gasteiger partial charge in [0.25, 0.3) is 0 Å². The lowest BCUT2D eigenvalue weighted by Crippen LogP contribution is -2.22. The molecule has 86 valence electrons. The molecule has 1 aromatic rings. The molecule has 0 unspecified atom stereocenters. The molecule has 0 atom stereocenters. The molecule has 0 saturated heterocycles. The summed E-state index contributed by atoms with van der Waals surface area (Å²) in [5.41, 5.74) is 0. The number of nitrogens with one attached hydrogen (secondary N) is 2. The number of nitrogens with zero attached hydrogens (tertiary/aromatic N) is 2. The van der Waals surface area contributed by atoms with Crippen LogP contribution in [0.2, 0.25) is 0 Å². The zero-order valence-electron chi connectivity index (χ0n) is 9.55. The molecule has 4 nitrogen and oxygen atoms in total. The van der Waals surface area contributed by atoms with Crippen molar-refractivity contribution in [2.45, 2.75) is 33.1 Å². The minimum atomic E-state index is 0.917. The predicted octanol–water partition coefficient (Wildman–Crippen LogP) is 1.90. The highest BCUT2D eigenvalue weighted by Crippen LogP contribution is 2.11. The third kappa shape index (κ3) is 5.09. The zero-order chi connectivity index (χ0) is 10.9. The Bertz CT molecular complexity index is 262. The number of anilines is 1. The SMILES string of the molecule is CCCNCCNc1nc(CCC)ns1. The monoisotopic (exact) mass is 228 g/mol. The molecular formula is C10H20N4S. The molecule has 5 heteroatoms. The van der Waals surface area contributed by atoms with Crippen LogP contribution in [0.5, 0.6) is 0 Å². The minimum Gasteiger partial charge on any atom is -0.359 e. The van der Waals surface area contributed by atoms with E-state index in [2.05, 4.69) is 33.8 Å². The second kappa shape index (κ2) is 7.59. The quantitative estimate of drug-likeness (QED) is 0.667. The van der Waals surface area contributed by atoms with Crippen molar-refractivity contribution in [2.75, 3.05) is 25.0 Å². The Morgan fingerprint density at radius 3 is 2.73 bits per heavy atom. The van der Waals surface area contributed by atoms with E-state index in [9.17, 15) is 0 Å². The molecule has 0 amide bonds. The summed E-state index contributed by atoms with van der Waals surface area (Å²) in [6.07, 6.45) is 3.26. The third-order valence-electron chi connectivity index (χ3n) is 1.95. The van der Waals surface area contributed by atoms with Crippen LogP contribution in [0.25, 0.3) is 0 Å². The van der Waals surface area contributed by atoms with Gasteiger partial charge in [0.15, 0.2) is 0 Å². The summed E-state index contributed by atoms with van der Waals surface area (Å²) in [6.45, 7) is 7.29. The van der Waals surface area contributed by atoms with Crippen molar-refractivity contribution in [3.63, 3.8) is 0 Å². The second-order valence-corrected chi connectivity index (χ2v) is 4.19. The van der Waals surface area contributed by atoms with E-state index in [0.29, 0.717) is 0 Å². The topological polar surface area (TPSA) is 49.8 Å². The first-order valence-electron chi connectivity index (χ1n) is 5.64. The van der Waals surface area contributed by atoms with Gasteiger partial charge in [0.2, 0.25) is 5.13 Å². The number of hydrogen-bond donors (Lipinski definition) is 2. The summed E-state index contributed by atoms with van der Waals surface area (Å²) >= 11 is 1.45. The maximum absolute atomic E-state index is 4.39. The Hall–Kier alpha value is -0.680. The predicted molar refractivity (Wildman–Crippen MR) is 65.6 cm³/mol. The van der Waals surface area contributed by atoms with Gasteiger partial charge in [-0.25, -0.2) is 4.98 Å². The van der Waals surface area contributed by atoms with Gasteiger partial charge in [-0.3, -0.25) is 0 Å². The van der Waals surface area contributed by atoms with Gasteiger partial charge in [-0.05, 0) is 19.4 Å². The third-order valence-corrected chi connectivity index (χ3v) is 2.66. The first-order chi connectivity index (χ1) is 7.36. The van der Waals surface area contributed by atoms with Gasteiger partial charge in [-0.1, -0.05) is 13.8 Å². The van der Waals surface area contributed by atoms with Crippen LogP contribution in [0.1, 0.15) is 32.5 Å². The molecule has 0 aliphatic heterocycles. The Kier molecular flexibility index (Phi) is 6.27. The van der Waals surface area contributed by atoms with Crippen molar-refractivity contribution >= 4 is 16.7 Å². The largest absolute Gasteiger partial charge is 0.359 e. The molecule has 0 saturated carbocycles. The van der Waals surface area contributed by atoms with Gasteiger partial charge in [0.05, 0.1) is 0 Å². The van der Waals surface area contributed by atoms with Crippen LogP contribution in [0.15, 0.2) is 0 Å². The first-order valence-corrected chi connectivity index (χ1v) is 6.41. The van der Waals surface area contributed by atoms with Gasteiger partial charge >= 0.3 is 0 Å². The highest BCUT2D eigenvalue weighted by molar-refractivity contribution is 7.09. The van der Waals surface area contributed by atoms with E-state index >= 15 is 0 Å². The van der Waals surface area contributed by atoms with Gasteiger partial charge < -0.3 is 10.6 Å². The highest BCUT2D eigenvalue weighted by atomic mass is 32.1. The standard InChI is InChI=1S/C10H20N4S/c1-3-5-9-13-10(15-14-9)12-8-7-11-6-4-2/h11H,3-8H2,1-2H3,(H,12,13,14). The van der Waals surface area contributed by atoms with Crippen molar-refractivity contribution < 1.29 is 0 Å². The lowest BCUT2D eigenvalue weighted by Gasteiger charge is -2.02. The van der Waals surface area contributed by atoms with E-state index in [-0.39, 0.29) is 0 Å². The van der Waals surface area contributed by atoms with Crippen LogP contribution in [0.3, 0.4) is 0 Å². The molecule has 0 fully saturated rings. The summed E-state index contributed by atoms with van der Waals surface area (Å²) in [5, 5.41) is 7.54. The number of hydrogen-bond acceptors (Lipinski definition) is 5. The van der Waals surface area contributed by atoms with Gasteiger partial charge in [0.1, 0.15) is 5.82 Å². The molecule has 0 bridgehead atoms. The average Bonchev–Trinajstić information content (AvgIpc) is 2.66. The van der Waals surface area contributed by atoms with Crippen LogP contribution < -0.4 is 10.6 Å². The minimum absolute atomic E-state index is 0.917. The van der Waals surface area contributed by atoms with E-state index in [1.165, 1.54) is 18.0 Å². The molecule has 0 spiro atoms. The summed E-state index contributed by atoms with van der Waals surface area (Å²) in [4.78, 5) is 4.39. The summed E-state index contributed by atoms with van der Waals surface area (Å²) in [7, 11) is 0. The van der Waals surface area contributed by atoms with E-state index in [1.54, 1.807) is 0 Å². The highest BCUT2D eigenvalue weighted by Gasteiger charge is 2.01. The molecule has 15 heavy (non-hydrogen) atoms. The molecule has 1 rings (SSSR count). The fourth-order valence-electron chi connectivity index (χ4n) is 1.21. The van der Waals surface area contributed by atoms with Crippen molar-refractivity contribution in [3.8, 4) is 0 Å². The van der Waals surface area contributed by atoms with E-state index in [1.807, 2.05) is 0 Å². The first kappa shape index (κ1) is 12.4. The zero-order valence-corrected chi connectivity index (χ0v) is 10.4. The number of aromatic nitrogens is 2. The lowest BCUT2D eigenvalue weighted by molar-refractivity contribution is 0.687. The Morgan fingerprint density at radius 2 is 2.00 bits per heavy atom. The van der Waals surface area contributed by atoms with Crippen LogP contribution in [0.4, 0.5) is 5.13 Å². The number of rotatable bonds is 8. The molecule has 2 N–H and O–H groups in total. The van der Waals surface area contributed by atoms with Crippen molar-refractivity contribution in [1.29, 1.82) is 0 Å². The van der Waals surface area contributed by atoms with Crippen LogP contribution in [-0.4, -0.2) is 29.0 Å². The Balaban J connectivity index is 2.14. The maximum atomic E-state index is 4.39. The lowest BCUT2D eigenvalue weighted by atomic mass is 10.3. The van der Waals surface area contributed by atoms with E-state index in [4.69, 9.17) is 0 Å². The Labute approximate surface area is 95.7 Å². The fraction of sp³-hybridized carbons (Fsp3) is 0.800. The molecule has 1 aromatic heterocycles. The van der Waals surface area contributed by atoms with Crippen LogP contribution in [0, 0.1) is 0 Å². The summed E-state index contributed by atoms with van der Waals surface area (Å²) < 4.78 is 4.27. The molecule has 0 aliphatic carbocycles. The smallest absolute Gasteiger partial charge is 0.202 e. The van der Waals surface area contributed by atoms with Gasteiger partial charge in [-0.15, -0.1) is 0 Å². The second-order valence-electron chi connectivity index (χ2n) is 3.44. The molecule has 0 radical (unpaired) electrons. The van der Waals surface area contributed by atoms with Crippen LogP contribution in [-0.2, 0) is 6.42 Å². The fourth-order valence-corrected chi connectivity index (χ4v) is 1.85. The number of aryl methyl sites for hydroxylation is 1. The van der Waals surface area contributed by atoms with Gasteiger partial charge in [-0.2, -0.15) is 4.37 Å². The molecular weight excluding hydrogens is 208 g/mol. The van der Waals surface area contributed by atoms with E-state index in [0.717, 1.165) is 43.4 Å². The normalized spacial score (nSPS) is 10.5. The Morgan fingerprint density at radius 1 is 1.13 bits per heavy atom. The van der Waals surface area contributed by atoms with Crippen molar-refractivity contribution in [1.82, 2.24) is 14.7 Å². The maximum Gasteiger partial charge on any atom is 0.202 e. The van der Waals surface area contributed by atoms with E-state index < -0.39 is 0 Å². The molecule has 0 aliphatic rings. The van der Waals surface area contributed by atoms with Gasteiger partial charge in [0, 0.05) is 31.0 Å². The van der Waals surface area contributed by atoms with Crippen molar-refractivity contribution in [3.05, 3.63) is 5.82 Å². The van der Waals surface area contributed by atoms with Crippen LogP contribution >= 0.6 is 11.5 Å². The summed E-state index contributed by atoms with van der Waals surface area (Å²) in [6, 6.07) is 0. The average molecular weight is 228 g/mol. The molecule has 1 heterocycles. The van der Waals surface area contributed by atoms with Crippen molar-refractivity contribution in [2.24, 2.45) is 0 Å². The molecule has 0 aromatic carbocycles.